The van der Waals surface area contributed by atoms with Crippen molar-refractivity contribution in [2.75, 3.05) is 7.11 Å². The lowest BCUT2D eigenvalue weighted by molar-refractivity contribution is -0.384. The number of nitrogens with zero attached hydrogens (tertiary/aromatic N) is 3. The molecular formula is C23H19N3O4. The molecule has 1 heterocycles. The van der Waals surface area contributed by atoms with Gasteiger partial charge in [0, 0.05) is 18.6 Å². The van der Waals surface area contributed by atoms with Gasteiger partial charge in [-0.3, -0.25) is 19.5 Å². The number of ether oxygens (including phenoxy) is 1. The van der Waals surface area contributed by atoms with Crippen LogP contribution in [0.3, 0.4) is 0 Å². The number of fused-ring (bicyclic) bond motifs is 1. The molecule has 4 aromatic rings. The second-order valence-corrected chi connectivity index (χ2v) is 6.89. The summed E-state index contributed by atoms with van der Waals surface area (Å²) in [5, 5.41) is 11.4. The van der Waals surface area contributed by atoms with E-state index in [2.05, 4.69) is 4.98 Å². The Labute approximate surface area is 172 Å². The smallest absolute Gasteiger partial charge is 0.270 e. The van der Waals surface area contributed by atoms with Gasteiger partial charge in [0.1, 0.15) is 11.6 Å². The third kappa shape index (κ3) is 3.91. The highest BCUT2D eigenvalue weighted by Gasteiger charge is 2.15. The van der Waals surface area contributed by atoms with Gasteiger partial charge in [-0.25, -0.2) is 4.98 Å². The number of hydrogen-bond donors (Lipinski definition) is 0. The standard InChI is InChI=1S/C23H19N3O4/c1-30-19-10-7-17(8-11-19)15-25-22(13-16-5-3-2-4-6-16)24-21-12-9-18(26(28)29)14-20(21)23(25)27/h2-12,14H,13,15H2,1H3. The first-order valence-corrected chi connectivity index (χ1v) is 9.40. The highest BCUT2D eigenvalue weighted by molar-refractivity contribution is 5.80. The summed E-state index contributed by atoms with van der Waals surface area (Å²) in [7, 11) is 1.59. The molecule has 4 rings (SSSR count). The Morgan fingerprint density at radius 2 is 1.73 bits per heavy atom. The lowest BCUT2D eigenvalue weighted by atomic mass is 10.1. The molecule has 7 nitrogen and oxygen atoms in total. The van der Waals surface area contributed by atoms with Crippen LogP contribution in [0.2, 0.25) is 0 Å². The fourth-order valence-electron chi connectivity index (χ4n) is 3.36. The normalized spacial score (nSPS) is 10.8. The molecule has 7 heteroatoms. The van der Waals surface area contributed by atoms with Crippen LogP contribution in [0.1, 0.15) is 17.0 Å². The Hall–Kier alpha value is -4.00. The summed E-state index contributed by atoms with van der Waals surface area (Å²) in [6.45, 7) is 0.302. The van der Waals surface area contributed by atoms with Gasteiger partial charge in [0.2, 0.25) is 0 Å². The molecule has 150 valence electrons. The zero-order chi connectivity index (χ0) is 21.1. The maximum atomic E-state index is 13.3. The second kappa shape index (κ2) is 8.16. The topological polar surface area (TPSA) is 87.3 Å². The molecule has 0 amide bonds. The average molecular weight is 401 g/mol. The van der Waals surface area contributed by atoms with E-state index in [1.165, 1.54) is 18.2 Å². The summed E-state index contributed by atoms with van der Waals surface area (Å²) in [5.41, 5.74) is 1.94. The van der Waals surface area contributed by atoms with Gasteiger partial charge in [-0.05, 0) is 29.3 Å². The lowest BCUT2D eigenvalue weighted by Crippen LogP contribution is -2.26. The molecule has 0 fully saturated rings. The molecule has 0 saturated carbocycles. The quantitative estimate of drug-likeness (QED) is 0.361. The molecule has 0 aliphatic carbocycles. The number of methoxy groups -OCH3 is 1. The Kier molecular flexibility index (Phi) is 5.26. The first-order valence-electron chi connectivity index (χ1n) is 9.40. The van der Waals surface area contributed by atoms with E-state index < -0.39 is 4.92 Å². The molecule has 0 N–H and O–H groups in total. The summed E-state index contributed by atoms with van der Waals surface area (Å²) in [6, 6.07) is 21.4. The van der Waals surface area contributed by atoms with Crippen LogP contribution in [0.15, 0.2) is 77.6 Å². The molecule has 0 spiro atoms. The third-order valence-electron chi connectivity index (χ3n) is 4.93. The molecule has 0 unspecified atom stereocenters. The van der Waals surface area contributed by atoms with Gasteiger partial charge in [0.25, 0.3) is 11.2 Å². The van der Waals surface area contributed by atoms with E-state index in [0.717, 1.165) is 16.9 Å². The Morgan fingerprint density at radius 3 is 2.40 bits per heavy atom. The van der Waals surface area contributed by atoms with Crippen LogP contribution in [0.5, 0.6) is 5.75 Å². The molecule has 0 bridgehead atoms. The number of aromatic nitrogens is 2. The summed E-state index contributed by atoms with van der Waals surface area (Å²) < 4.78 is 6.78. The minimum absolute atomic E-state index is 0.131. The zero-order valence-electron chi connectivity index (χ0n) is 16.3. The van der Waals surface area contributed by atoms with Crippen LogP contribution in [0, 0.1) is 10.1 Å². The van der Waals surface area contributed by atoms with Crippen molar-refractivity contribution in [1.82, 2.24) is 9.55 Å². The minimum Gasteiger partial charge on any atom is -0.497 e. The van der Waals surface area contributed by atoms with E-state index in [-0.39, 0.29) is 16.6 Å². The van der Waals surface area contributed by atoms with Crippen molar-refractivity contribution in [3.63, 3.8) is 0 Å². The molecule has 30 heavy (non-hydrogen) atoms. The Balaban J connectivity index is 1.85. The second-order valence-electron chi connectivity index (χ2n) is 6.89. The van der Waals surface area contributed by atoms with Crippen molar-refractivity contribution in [1.29, 1.82) is 0 Å². The van der Waals surface area contributed by atoms with Gasteiger partial charge in [-0.15, -0.1) is 0 Å². The summed E-state index contributed by atoms with van der Waals surface area (Å²) in [6.07, 6.45) is 0.471. The number of nitro benzene ring substituents is 1. The Bertz CT molecular complexity index is 1270. The van der Waals surface area contributed by atoms with Crippen molar-refractivity contribution in [3.8, 4) is 5.75 Å². The minimum atomic E-state index is -0.509. The summed E-state index contributed by atoms with van der Waals surface area (Å²) in [4.78, 5) is 28.7. The van der Waals surface area contributed by atoms with E-state index in [1.807, 2.05) is 54.6 Å². The highest BCUT2D eigenvalue weighted by atomic mass is 16.6. The van der Waals surface area contributed by atoms with Crippen molar-refractivity contribution >= 4 is 16.6 Å². The van der Waals surface area contributed by atoms with Crippen LogP contribution in [-0.2, 0) is 13.0 Å². The van der Waals surface area contributed by atoms with Gasteiger partial charge in [0.05, 0.1) is 29.5 Å². The van der Waals surface area contributed by atoms with E-state index in [4.69, 9.17) is 4.74 Å². The van der Waals surface area contributed by atoms with E-state index >= 15 is 0 Å². The molecule has 0 atom stereocenters. The maximum Gasteiger partial charge on any atom is 0.270 e. The van der Waals surface area contributed by atoms with Gasteiger partial charge in [0.15, 0.2) is 0 Å². The third-order valence-corrected chi connectivity index (χ3v) is 4.93. The van der Waals surface area contributed by atoms with Crippen molar-refractivity contribution < 1.29 is 9.66 Å². The van der Waals surface area contributed by atoms with Crippen molar-refractivity contribution in [3.05, 3.63) is 110 Å². The Morgan fingerprint density at radius 1 is 1.00 bits per heavy atom. The number of non-ortho nitro benzene ring substituents is 1. The van der Waals surface area contributed by atoms with E-state index in [0.29, 0.717) is 24.3 Å². The summed E-state index contributed by atoms with van der Waals surface area (Å²) in [5.74, 6) is 1.33. The van der Waals surface area contributed by atoms with Crippen molar-refractivity contribution in [2.24, 2.45) is 0 Å². The van der Waals surface area contributed by atoms with Crippen LogP contribution in [-0.4, -0.2) is 21.6 Å². The monoisotopic (exact) mass is 401 g/mol. The molecule has 1 aromatic heterocycles. The molecular weight excluding hydrogens is 382 g/mol. The number of hydrogen-bond acceptors (Lipinski definition) is 5. The predicted octanol–water partition coefficient (Wildman–Crippen LogP) is 3.95. The van der Waals surface area contributed by atoms with Crippen LogP contribution < -0.4 is 10.3 Å². The molecule has 0 aliphatic rings. The number of rotatable bonds is 6. The fourth-order valence-corrected chi connectivity index (χ4v) is 3.36. The maximum absolute atomic E-state index is 13.3. The van der Waals surface area contributed by atoms with E-state index in [9.17, 15) is 14.9 Å². The van der Waals surface area contributed by atoms with Gasteiger partial charge < -0.3 is 4.74 Å². The predicted molar refractivity (Wildman–Crippen MR) is 114 cm³/mol. The highest BCUT2D eigenvalue weighted by Crippen LogP contribution is 2.19. The molecule has 0 radical (unpaired) electrons. The zero-order valence-corrected chi connectivity index (χ0v) is 16.3. The number of nitro groups is 1. The van der Waals surface area contributed by atoms with Crippen LogP contribution in [0.25, 0.3) is 10.9 Å². The van der Waals surface area contributed by atoms with Crippen molar-refractivity contribution in [2.45, 2.75) is 13.0 Å². The molecule has 3 aromatic carbocycles. The molecule has 0 aliphatic heterocycles. The number of benzene rings is 3. The van der Waals surface area contributed by atoms with E-state index in [1.54, 1.807) is 11.7 Å². The van der Waals surface area contributed by atoms with Gasteiger partial charge in [-0.2, -0.15) is 0 Å². The fraction of sp³-hybridized carbons (Fsp3) is 0.130. The van der Waals surface area contributed by atoms with Crippen LogP contribution >= 0.6 is 0 Å². The average Bonchev–Trinajstić information content (AvgIpc) is 2.77. The molecule has 0 saturated heterocycles. The van der Waals surface area contributed by atoms with Crippen LogP contribution in [0.4, 0.5) is 5.69 Å². The first kappa shape index (κ1) is 19.3. The first-order chi connectivity index (χ1) is 14.5. The van der Waals surface area contributed by atoms with Gasteiger partial charge >= 0.3 is 0 Å². The summed E-state index contributed by atoms with van der Waals surface area (Å²) >= 11 is 0. The SMILES string of the molecule is COc1ccc(Cn2c(Cc3ccccc3)nc3ccc([N+](=O)[O-])cc3c2=O)cc1. The lowest BCUT2D eigenvalue weighted by Gasteiger charge is -2.14. The van der Waals surface area contributed by atoms with Gasteiger partial charge in [-0.1, -0.05) is 42.5 Å². The largest absolute Gasteiger partial charge is 0.497 e.